The van der Waals surface area contributed by atoms with Crippen molar-refractivity contribution in [3.05, 3.63) is 83.2 Å². The molecule has 16 heteroatoms. The number of aryl methyl sites for hydroxylation is 2. The molecule has 1 atom stereocenters. The van der Waals surface area contributed by atoms with E-state index in [2.05, 4.69) is 26.6 Å². The van der Waals surface area contributed by atoms with E-state index in [1.165, 1.54) is 32.2 Å². The van der Waals surface area contributed by atoms with Crippen LogP contribution in [0.2, 0.25) is 0 Å². The zero-order valence-corrected chi connectivity index (χ0v) is 36.5. The van der Waals surface area contributed by atoms with Gasteiger partial charge in [-0.05, 0) is 86.7 Å². The average Bonchev–Trinajstić information content (AvgIpc) is 3.24. The van der Waals surface area contributed by atoms with Gasteiger partial charge in [-0.1, -0.05) is 52.0 Å². The van der Waals surface area contributed by atoms with Gasteiger partial charge >= 0.3 is 0 Å². The third kappa shape index (κ3) is 24.9. The Morgan fingerprint density at radius 2 is 1.49 bits per heavy atom. The molecule has 2 heterocycles. The van der Waals surface area contributed by atoms with E-state index >= 15 is 0 Å². The maximum atomic E-state index is 12.7. The molecule has 0 aromatic heterocycles. The van der Waals surface area contributed by atoms with Gasteiger partial charge in [0, 0.05) is 33.6 Å². The van der Waals surface area contributed by atoms with Gasteiger partial charge in [0.15, 0.2) is 23.1 Å². The molecular formula is C43H65FN6O9. The number of carbonyl (C=O) groups is 6. The minimum Gasteiger partial charge on any atom is -0.494 e. The quantitative estimate of drug-likeness (QED) is 0.173. The first-order valence-corrected chi connectivity index (χ1v) is 19.4. The number of nitrogens with one attached hydrogen (secondary N) is 5. The molecule has 2 aliphatic heterocycles. The molecule has 0 saturated carbocycles. The van der Waals surface area contributed by atoms with E-state index < -0.39 is 6.04 Å². The van der Waals surface area contributed by atoms with Gasteiger partial charge in [0.25, 0.3) is 0 Å². The van der Waals surface area contributed by atoms with Crippen LogP contribution in [0.15, 0.2) is 60.7 Å². The van der Waals surface area contributed by atoms with Crippen molar-refractivity contribution in [3.63, 3.8) is 0 Å². The number of ether oxygens (including phenoxy) is 3. The van der Waals surface area contributed by atoms with E-state index in [0.29, 0.717) is 49.6 Å². The van der Waals surface area contributed by atoms with Crippen molar-refractivity contribution in [1.29, 1.82) is 0 Å². The van der Waals surface area contributed by atoms with Crippen molar-refractivity contribution in [3.8, 4) is 23.0 Å². The molecule has 1 unspecified atom stereocenters. The molecule has 2 aliphatic rings. The Hall–Kier alpha value is -6.19. The largest absolute Gasteiger partial charge is 0.494 e. The number of carbonyl (C=O) groups excluding carboxylic acids is 6. The molecule has 4 bridgehead atoms. The van der Waals surface area contributed by atoms with Crippen LogP contribution in [0, 0.1) is 12.7 Å². The summed E-state index contributed by atoms with van der Waals surface area (Å²) in [6, 6.07) is 18.1. The Bertz CT molecular complexity index is 1680. The number of hydrogen-bond acceptors (Lipinski definition) is 9. The van der Waals surface area contributed by atoms with Gasteiger partial charge in [-0.15, -0.1) is 0 Å². The van der Waals surface area contributed by atoms with Crippen molar-refractivity contribution >= 4 is 36.4 Å². The molecule has 3 aromatic carbocycles. The molecule has 0 radical (unpaired) electrons. The van der Waals surface area contributed by atoms with E-state index in [-0.39, 0.29) is 42.5 Å². The molecule has 3 aromatic rings. The van der Waals surface area contributed by atoms with Gasteiger partial charge in [0.1, 0.15) is 11.8 Å². The second-order valence-corrected chi connectivity index (χ2v) is 11.8. The number of nitrogens with zero attached hydrogens (tertiary/aromatic N) is 1. The first-order valence-electron chi connectivity index (χ1n) is 19.4. The van der Waals surface area contributed by atoms with Gasteiger partial charge < -0.3 is 45.7 Å². The van der Waals surface area contributed by atoms with E-state index in [9.17, 15) is 33.2 Å². The number of benzene rings is 3. The Morgan fingerprint density at radius 3 is 2.03 bits per heavy atom. The zero-order chi connectivity index (χ0) is 45.2. The molecule has 5 N–H and O–H groups in total. The van der Waals surface area contributed by atoms with Crippen molar-refractivity contribution in [2.24, 2.45) is 0 Å². The zero-order valence-electron chi connectivity index (χ0n) is 36.5. The monoisotopic (exact) mass is 828 g/mol. The van der Waals surface area contributed by atoms with Crippen LogP contribution in [0.3, 0.4) is 0 Å². The van der Waals surface area contributed by atoms with E-state index in [4.69, 9.17) is 14.2 Å². The van der Waals surface area contributed by atoms with Crippen molar-refractivity contribution in [1.82, 2.24) is 31.5 Å². The summed E-state index contributed by atoms with van der Waals surface area (Å²) in [5.41, 5.74) is 3.13. The molecule has 6 amide bonds. The summed E-state index contributed by atoms with van der Waals surface area (Å²) in [4.78, 5) is 65.3. The Labute approximate surface area is 349 Å². The van der Waals surface area contributed by atoms with Gasteiger partial charge in [0.05, 0.1) is 27.3 Å². The summed E-state index contributed by atoms with van der Waals surface area (Å²) >= 11 is 0. The molecule has 0 saturated heterocycles. The van der Waals surface area contributed by atoms with E-state index in [0.717, 1.165) is 35.3 Å². The highest BCUT2D eigenvalue weighted by Gasteiger charge is 2.11. The summed E-state index contributed by atoms with van der Waals surface area (Å²) in [6.45, 7) is 14.4. The second-order valence-electron chi connectivity index (χ2n) is 11.8. The summed E-state index contributed by atoms with van der Waals surface area (Å²) in [5, 5.41) is 12.6. The molecule has 59 heavy (non-hydrogen) atoms. The number of amides is 6. The molecule has 328 valence electrons. The molecule has 5 rings (SSSR count). The summed E-state index contributed by atoms with van der Waals surface area (Å²) in [6.07, 6.45) is 3.07. The average molecular weight is 829 g/mol. The smallest absolute Gasteiger partial charge is 0.242 e. The van der Waals surface area contributed by atoms with Crippen molar-refractivity contribution in [2.75, 3.05) is 54.5 Å². The second kappa shape index (κ2) is 33.9. The topological polar surface area (TPSA) is 193 Å². The van der Waals surface area contributed by atoms with E-state index in [1.54, 1.807) is 20.1 Å². The number of halogens is 1. The van der Waals surface area contributed by atoms with E-state index in [1.807, 2.05) is 90.1 Å². The van der Waals surface area contributed by atoms with Gasteiger partial charge in [-0.3, -0.25) is 28.8 Å². The SMILES string of the molecule is CC.CC.CCNC(=O)C(C)NC=O.CNC(=O)CNC(=O)CN(C)C=O.COc1ccc(C)cc1F.COc1ccc2cc1Oc1ccc(cc1)CCC(=O)NCC2. The summed E-state index contributed by atoms with van der Waals surface area (Å²) in [7, 11) is 6.04. The highest BCUT2D eigenvalue weighted by molar-refractivity contribution is 5.86. The van der Waals surface area contributed by atoms with Gasteiger partial charge in [0.2, 0.25) is 36.4 Å². The van der Waals surface area contributed by atoms with Crippen LogP contribution in [0.5, 0.6) is 23.0 Å². The van der Waals surface area contributed by atoms with Crippen LogP contribution in [0.25, 0.3) is 0 Å². The molecule has 0 aliphatic carbocycles. The molecule has 0 spiro atoms. The number of likely N-dealkylation sites (N-methyl/N-ethyl adjacent to an activating group) is 3. The maximum absolute atomic E-state index is 12.7. The number of rotatable bonds is 11. The lowest BCUT2D eigenvalue weighted by Gasteiger charge is -2.14. The third-order valence-corrected chi connectivity index (χ3v) is 7.42. The Kier molecular flexibility index (Phi) is 31.6. The van der Waals surface area contributed by atoms with Crippen LogP contribution in [-0.2, 0) is 41.6 Å². The first-order chi connectivity index (χ1) is 28.3. The normalized spacial score (nSPS) is 11.2. The lowest BCUT2D eigenvalue weighted by molar-refractivity contribution is -0.128. The number of fused-ring (bicyclic) bond motifs is 7. The molecular weight excluding hydrogens is 764 g/mol. The summed E-state index contributed by atoms with van der Waals surface area (Å²) in [5.74, 6) is 1.44. The predicted molar refractivity (Wildman–Crippen MR) is 228 cm³/mol. The predicted octanol–water partition coefficient (Wildman–Crippen LogP) is 4.48. The fourth-order valence-corrected chi connectivity index (χ4v) is 4.36. The minimum atomic E-state index is -0.433. The van der Waals surface area contributed by atoms with Gasteiger partial charge in [-0.2, -0.15) is 0 Å². The first kappa shape index (κ1) is 54.9. The van der Waals surface area contributed by atoms with Crippen LogP contribution in [0.1, 0.15) is 64.7 Å². The van der Waals surface area contributed by atoms with Crippen LogP contribution in [0.4, 0.5) is 4.39 Å². The van der Waals surface area contributed by atoms with Gasteiger partial charge in [-0.25, -0.2) is 4.39 Å². The van der Waals surface area contributed by atoms with Crippen LogP contribution < -0.4 is 40.8 Å². The lowest BCUT2D eigenvalue weighted by Crippen LogP contribution is -2.41. The highest BCUT2D eigenvalue weighted by Crippen LogP contribution is 2.32. The fraction of sp³-hybridized carbons (Fsp3) is 0.442. The van der Waals surface area contributed by atoms with Crippen LogP contribution >= 0.6 is 0 Å². The standard InChI is InChI=1S/C18H19NO3.C8H9FO.C7H13N3O3.C6H12N2O2.2C2H6/c1-21-16-8-4-14-10-11-19-18(20)9-5-13-2-6-15(7-3-13)22-17(16)12-14;1-6-3-4-8(10-2)7(9)5-6;1-8-6(12)3-9-7(13)4-10(2)5-11;1-3-7-6(10)5(2)8-4-9;2*1-2/h2-4,6-8,12H,5,9-11H2,1H3,(H,19,20);3-5H,1-2H3;5H,3-4H2,1-2H3,(H,8,12)(H,9,13);4-5H,3H2,1-2H3,(H,7,10)(H,8,9);2*1-2H3. The van der Waals surface area contributed by atoms with Crippen molar-refractivity contribution in [2.45, 2.75) is 73.8 Å². The summed E-state index contributed by atoms with van der Waals surface area (Å²) < 4.78 is 28.8. The molecule has 0 fully saturated rings. The van der Waals surface area contributed by atoms with Crippen molar-refractivity contribution < 1.29 is 47.4 Å². The fourth-order valence-electron chi connectivity index (χ4n) is 4.36. The number of methoxy groups -OCH3 is 2. The number of hydrogen-bond donors (Lipinski definition) is 5. The maximum Gasteiger partial charge on any atom is 0.242 e. The van der Waals surface area contributed by atoms with Crippen LogP contribution in [-0.4, -0.2) is 102 Å². The minimum absolute atomic E-state index is 0.0412. The Morgan fingerprint density at radius 1 is 0.881 bits per heavy atom. The highest BCUT2D eigenvalue weighted by atomic mass is 19.1. The Balaban J connectivity index is 0. The lowest BCUT2D eigenvalue weighted by atomic mass is 10.1. The molecule has 15 nitrogen and oxygen atoms in total. The third-order valence-electron chi connectivity index (χ3n) is 7.42.